The fourth-order valence-corrected chi connectivity index (χ4v) is 6.72. The van der Waals surface area contributed by atoms with Gasteiger partial charge in [0.05, 0.1) is 12.2 Å². The number of likely N-dealkylation sites (tertiary alicyclic amines) is 3. The lowest BCUT2D eigenvalue weighted by molar-refractivity contribution is 0.0168. The van der Waals surface area contributed by atoms with Crippen molar-refractivity contribution in [2.75, 3.05) is 59.9 Å². The van der Waals surface area contributed by atoms with Crippen LogP contribution in [-0.4, -0.2) is 98.3 Å². The van der Waals surface area contributed by atoms with Crippen molar-refractivity contribution in [3.8, 4) is 0 Å². The first-order valence-corrected chi connectivity index (χ1v) is 11.7. The first-order chi connectivity index (χ1) is 13.7. The van der Waals surface area contributed by atoms with Gasteiger partial charge in [-0.05, 0) is 71.8 Å². The number of piperidine rings is 2. The molecule has 2 bridgehead atoms. The van der Waals surface area contributed by atoms with Gasteiger partial charge in [-0.2, -0.15) is 0 Å². The van der Waals surface area contributed by atoms with Gasteiger partial charge in [-0.3, -0.25) is 9.89 Å². The molecule has 0 radical (unpaired) electrons. The molecular formula is C22H40IN5O. The zero-order valence-corrected chi connectivity index (χ0v) is 20.6. The number of hydrogen-bond donors (Lipinski definition) is 1. The molecule has 1 N–H and O–H groups in total. The molecule has 4 atom stereocenters. The summed E-state index contributed by atoms with van der Waals surface area (Å²) in [6.45, 7) is 8.28. The van der Waals surface area contributed by atoms with E-state index in [0.29, 0.717) is 17.7 Å². The molecule has 0 aromatic carbocycles. The van der Waals surface area contributed by atoms with Crippen LogP contribution in [0.1, 0.15) is 44.9 Å². The number of nitrogens with one attached hydrogen (secondary N) is 1. The van der Waals surface area contributed by atoms with Gasteiger partial charge in [-0.25, -0.2) is 0 Å². The molecule has 0 saturated carbocycles. The maximum Gasteiger partial charge on any atom is 0.193 e. The second-order valence-corrected chi connectivity index (χ2v) is 10.00. The third kappa shape index (κ3) is 4.17. The van der Waals surface area contributed by atoms with Gasteiger partial charge in [0, 0.05) is 44.1 Å². The largest absolute Gasteiger partial charge is 0.374 e. The predicted octanol–water partition coefficient (Wildman–Crippen LogP) is 2.24. The van der Waals surface area contributed by atoms with E-state index in [1.165, 1.54) is 71.1 Å². The van der Waals surface area contributed by atoms with Gasteiger partial charge >= 0.3 is 0 Å². The summed E-state index contributed by atoms with van der Waals surface area (Å²) >= 11 is 0. The van der Waals surface area contributed by atoms with Gasteiger partial charge in [-0.15, -0.1) is 24.0 Å². The molecule has 0 spiro atoms. The number of halogens is 1. The van der Waals surface area contributed by atoms with Crippen molar-refractivity contribution >= 4 is 29.9 Å². The molecule has 0 aromatic heterocycles. The van der Waals surface area contributed by atoms with Crippen molar-refractivity contribution in [2.24, 2.45) is 16.8 Å². The average Bonchev–Trinajstić information content (AvgIpc) is 3.44. The van der Waals surface area contributed by atoms with Gasteiger partial charge in [0.2, 0.25) is 0 Å². The van der Waals surface area contributed by atoms with Crippen molar-refractivity contribution in [2.45, 2.75) is 62.7 Å². The smallest absolute Gasteiger partial charge is 0.193 e. The molecule has 5 heterocycles. The highest BCUT2D eigenvalue weighted by molar-refractivity contribution is 14.0. The molecule has 6 nitrogen and oxygen atoms in total. The Morgan fingerprint density at radius 3 is 2.21 bits per heavy atom. The second kappa shape index (κ2) is 9.17. The Morgan fingerprint density at radius 2 is 1.62 bits per heavy atom. The van der Waals surface area contributed by atoms with E-state index in [4.69, 9.17) is 9.73 Å². The Labute approximate surface area is 193 Å². The summed E-state index contributed by atoms with van der Waals surface area (Å²) in [5, 5.41) is 3.85. The van der Waals surface area contributed by atoms with E-state index < -0.39 is 0 Å². The standard InChI is InChI=1S/C22H39N5O.HI/c1-23-21(26-14-17-18(15-26)20-7-6-19(17)28-20)24-16-22(8-12-25(2)13-9-22)27-10-4-3-5-11-27;/h17-20H,3-16H2,1-2H3,(H,23,24);1H. The lowest BCUT2D eigenvalue weighted by atomic mass is 9.82. The van der Waals surface area contributed by atoms with Crippen LogP contribution in [0.3, 0.4) is 0 Å². The molecule has 5 saturated heterocycles. The Hall–Kier alpha value is -0.120. The van der Waals surface area contributed by atoms with Crippen molar-refractivity contribution in [3.63, 3.8) is 0 Å². The molecule has 0 aromatic rings. The van der Waals surface area contributed by atoms with E-state index in [9.17, 15) is 0 Å². The fourth-order valence-electron chi connectivity index (χ4n) is 6.72. The van der Waals surface area contributed by atoms with Crippen LogP contribution in [-0.2, 0) is 4.74 Å². The topological polar surface area (TPSA) is 43.3 Å². The van der Waals surface area contributed by atoms with Gasteiger partial charge in [-0.1, -0.05) is 6.42 Å². The zero-order valence-electron chi connectivity index (χ0n) is 18.3. The number of fused-ring (bicyclic) bond motifs is 5. The monoisotopic (exact) mass is 517 g/mol. The molecule has 5 fully saturated rings. The highest BCUT2D eigenvalue weighted by atomic mass is 127. The highest BCUT2D eigenvalue weighted by Crippen LogP contribution is 2.47. The van der Waals surface area contributed by atoms with Crippen LogP contribution in [0, 0.1) is 11.8 Å². The van der Waals surface area contributed by atoms with Crippen LogP contribution in [0.15, 0.2) is 4.99 Å². The molecule has 5 aliphatic heterocycles. The summed E-state index contributed by atoms with van der Waals surface area (Å²) < 4.78 is 6.16. The summed E-state index contributed by atoms with van der Waals surface area (Å²) in [5.74, 6) is 2.59. The van der Waals surface area contributed by atoms with Crippen LogP contribution < -0.4 is 5.32 Å². The van der Waals surface area contributed by atoms with Crippen molar-refractivity contribution in [1.29, 1.82) is 0 Å². The molecule has 5 aliphatic rings. The molecule has 29 heavy (non-hydrogen) atoms. The molecule has 5 rings (SSSR count). The Balaban J connectivity index is 0.00000205. The summed E-state index contributed by atoms with van der Waals surface area (Å²) in [6.07, 6.45) is 10.3. The van der Waals surface area contributed by atoms with E-state index in [-0.39, 0.29) is 24.0 Å². The zero-order chi connectivity index (χ0) is 19.1. The van der Waals surface area contributed by atoms with E-state index >= 15 is 0 Å². The van der Waals surface area contributed by atoms with Crippen LogP contribution in [0.25, 0.3) is 0 Å². The second-order valence-electron chi connectivity index (χ2n) is 10.00. The molecule has 4 unspecified atom stereocenters. The van der Waals surface area contributed by atoms with Gasteiger partial charge in [0.25, 0.3) is 0 Å². The normalized spacial score (nSPS) is 37.4. The number of guanidine groups is 1. The molecular weight excluding hydrogens is 477 g/mol. The van der Waals surface area contributed by atoms with Gasteiger partial charge in [0.15, 0.2) is 5.96 Å². The van der Waals surface area contributed by atoms with Crippen molar-refractivity contribution in [3.05, 3.63) is 0 Å². The number of rotatable bonds is 3. The summed E-state index contributed by atoms with van der Waals surface area (Å²) in [6, 6.07) is 0. The minimum Gasteiger partial charge on any atom is -0.374 e. The minimum atomic E-state index is 0. The molecule has 7 heteroatoms. The first kappa shape index (κ1) is 22.1. The lowest BCUT2D eigenvalue weighted by Gasteiger charge is -2.50. The highest BCUT2D eigenvalue weighted by Gasteiger charge is 2.53. The average molecular weight is 518 g/mol. The Morgan fingerprint density at radius 1 is 1.00 bits per heavy atom. The number of hydrogen-bond acceptors (Lipinski definition) is 4. The van der Waals surface area contributed by atoms with Gasteiger partial charge in [0.1, 0.15) is 0 Å². The van der Waals surface area contributed by atoms with Crippen molar-refractivity contribution < 1.29 is 4.74 Å². The molecule has 0 amide bonds. The number of aliphatic imine (C=N–C) groups is 1. The number of ether oxygens (including phenoxy) is 1. The number of nitrogens with zero attached hydrogens (tertiary/aromatic N) is 4. The fraction of sp³-hybridized carbons (Fsp3) is 0.955. The predicted molar refractivity (Wildman–Crippen MR) is 128 cm³/mol. The Bertz CT molecular complexity index is 570. The van der Waals surface area contributed by atoms with E-state index in [1.807, 2.05) is 7.05 Å². The summed E-state index contributed by atoms with van der Waals surface area (Å²) in [5.41, 5.74) is 0.306. The van der Waals surface area contributed by atoms with E-state index in [2.05, 4.69) is 27.1 Å². The van der Waals surface area contributed by atoms with Crippen molar-refractivity contribution in [1.82, 2.24) is 20.0 Å². The van der Waals surface area contributed by atoms with Crippen LogP contribution in [0.5, 0.6) is 0 Å². The molecule has 0 aliphatic carbocycles. The minimum absolute atomic E-state index is 0. The van der Waals surface area contributed by atoms with E-state index in [0.717, 1.165) is 37.4 Å². The Kier molecular flexibility index (Phi) is 6.98. The summed E-state index contributed by atoms with van der Waals surface area (Å²) in [4.78, 5) is 12.5. The maximum absolute atomic E-state index is 6.16. The van der Waals surface area contributed by atoms with Crippen LogP contribution in [0.4, 0.5) is 0 Å². The first-order valence-electron chi connectivity index (χ1n) is 11.7. The molecule has 166 valence electrons. The quantitative estimate of drug-likeness (QED) is 0.354. The lowest BCUT2D eigenvalue weighted by Crippen LogP contribution is -2.62. The third-order valence-electron chi connectivity index (χ3n) is 8.48. The SMILES string of the molecule is CN=C(NCC1(N2CCCCC2)CCN(C)CC1)N1CC2C3CCC(O3)C2C1.I. The van der Waals surface area contributed by atoms with Gasteiger partial charge < -0.3 is 19.9 Å². The maximum atomic E-state index is 6.16. The van der Waals surface area contributed by atoms with E-state index in [1.54, 1.807) is 0 Å². The van der Waals surface area contributed by atoms with Crippen LogP contribution >= 0.6 is 24.0 Å². The summed E-state index contributed by atoms with van der Waals surface area (Å²) in [7, 11) is 4.23. The van der Waals surface area contributed by atoms with Crippen LogP contribution in [0.2, 0.25) is 0 Å². The third-order valence-corrected chi connectivity index (χ3v) is 8.48.